The Kier molecular flexibility index (Phi) is 4.59. The first-order valence-electron chi connectivity index (χ1n) is 6.86. The van der Waals surface area contributed by atoms with E-state index in [-0.39, 0.29) is 10.9 Å². The summed E-state index contributed by atoms with van der Waals surface area (Å²) in [4.78, 5) is 25.5. The first kappa shape index (κ1) is 15.5. The minimum atomic E-state index is -0.416. The summed E-state index contributed by atoms with van der Waals surface area (Å²) in [6.07, 6.45) is 3.21. The molecule has 23 heavy (non-hydrogen) atoms. The van der Waals surface area contributed by atoms with Crippen LogP contribution in [-0.2, 0) is 6.54 Å². The predicted octanol–water partition coefficient (Wildman–Crippen LogP) is 2.38. The molecule has 3 rings (SSSR count). The van der Waals surface area contributed by atoms with Crippen LogP contribution in [0.15, 0.2) is 46.1 Å². The van der Waals surface area contributed by atoms with Gasteiger partial charge in [0, 0.05) is 29.9 Å². The van der Waals surface area contributed by atoms with Gasteiger partial charge in [0.25, 0.3) is 11.5 Å². The van der Waals surface area contributed by atoms with Gasteiger partial charge < -0.3 is 10.3 Å². The number of nitrogens with zero attached hydrogens (tertiary/aromatic N) is 2. The molecule has 0 aliphatic rings. The molecule has 3 aromatic heterocycles. The lowest BCUT2D eigenvalue weighted by Crippen LogP contribution is -2.28. The number of nitrogens with one attached hydrogen (secondary N) is 2. The van der Waals surface area contributed by atoms with E-state index in [1.807, 2.05) is 29.1 Å². The molecular weight excluding hydrogens is 336 g/mol. The van der Waals surface area contributed by atoms with Crippen LogP contribution in [0.25, 0.3) is 11.3 Å². The standard InChI is InChI=1S/C15H13ClN4O2S/c16-12-7-11(8-18-15(12)22)14(21)17-3-5-20-4-1-13(19-20)10-2-6-23-9-10/h1-2,4,6-9H,3,5H2,(H,17,21)(H,18,22). The smallest absolute Gasteiger partial charge is 0.266 e. The zero-order valence-electron chi connectivity index (χ0n) is 12.0. The molecule has 0 spiro atoms. The first-order chi connectivity index (χ1) is 11.1. The van der Waals surface area contributed by atoms with Crippen LogP contribution in [0.5, 0.6) is 0 Å². The Bertz CT molecular complexity index is 870. The zero-order chi connectivity index (χ0) is 16.2. The summed E-state index contributed by atoms with van der Waals surface area (Å²) in [7, 11) is 0. The monoisotopic (exact) mass is 348 g/mol. The van der Waals surface area contributed by atoms with E-state index in [4.69, 9.17) is 11.6 Å². The molecule has 3 aromatic rings. The molecule has 0 saturated carbocycles. The van der Waals surface area contributed by atoms with Crippen molar-refractivity contribution >= 4 is 28.8 Å². The number of carbonyl (C=O) groups is 1. The van der Waals surface area contributed by atoms with Gasteiger partial charge in [-0.15, -0.1) is 0 Å². The lowest BCUT2D eigenvalue weighted by atomic mass is 10.2. The maximum absolute atomic E-state index is 12.0. The number of hydrogen-bond donors (Lipinski definition) is 2. The van der Waals surface area contributed by atoms with Crippen LogP contribution < -0.4 is 10.9 Å². The Balaban J connectivity index is 1.56. The van der Waals surface area contributed by atoms with Gasteiger partial charge in [0.15, 0.2) is 0 Å². The summed E-state index contributed by atoms with van der Waals surface area (Å²) in [5.41, 5.74) is 1.89. The number of amides is 1. The van der Waals surface area contributed by atoms with Crippen molar-refractivity contribution in [2.45, 2.75) is 6.54 Å². The Morgan fingerprint density at radius 3 is 3.04 bits per heavy atom. The van der Waals surface area contributed by atoms with Gasteiger partial charge in [-0.05, 0) is 23.6 Å². The van der Waals surface area contributed by atoms with Gasteiger partial charge in [0.2, 0.25) is 0 Å². The van der Waals surface area contributed by atoms with Crippen LogP contribution in [-0.4, -0.2) is 27.2 Å². The van der Waals surface area contributed by atoms with Crippen LogP contribution >= 0.6 is 22.9 Å². The topological polar surface area (TPSA) is 79.8 Å². The van der Waals surface area contributed by atoms with Gasteiger partial charge in [-0.1, -0.05) is 11.6 Å². The Hall–Kier alpha value is -2.38. The minimum Gasteiger partial charge on any atom is -0.350 e. The lowest BCUT2D eigenvalue weighted by molar-refractivity contribution is 0.0951. The molecule has 118 valence electrons. The quantitative estimate of drug-likeness (QED) is 0.743. The highest BCUT2D eigenvalue weighted by Crippen LogP contribution is 2.19. The maximum atomic E-state index is 12.0. The van der Waals surface area contributed by atoms with Crippen LogP contribution in [0, 0.1) is 0 Å². The predicted molar refractivity (Wildman–Crippen MR) is 89.9 cm³/mol. The van der Waals surface area contributed by atoms with Crippen LogP contribution in [0.2, 0.25) is 5.02 Å². The molecule has 0 aromatic carbocycles. The molecule has 1 amide bonds. The number of rotatable bonds is 5. The van der Waals surface area contributed by atoms with Crippen molar-refractivity contribution in [1.82, 2.24) is 20.1 Å². The Morgan fingerprint density at radius 1 is 1.43 bits per heavy atom. The van der Waals surface area contributed by atoms with Gasteiger partial charge >= 0.3 is 0 Å². The number of H-pyrrole nitrogens is 1. The van der Waals surface area contributed by atoms with E-state index in [1.165, 1.54) is 12.3 Å². The number of carbonyl (C=O) groups excluding carboxylic acids is 1. The Morgan fingerprint density at radius 2 is 2.30 bits per heavy atom. The molecule has 0 atom stereocenters. The molecule has 0 aliphatic carbocycles. The van der Waals surface area contributed by atoms with Crippen molar-refractivity contribution in [1.29, 1.82) is 0 Å². The number of hydrogen-bond acceptors (Lipinski definition) is 4. The van der Waals surface area contributed by atoms with Gasteiger partial charge in [-0.25, -0.2) is 0 Å². The molecule has 2 N–H and O–H groups in total. The van der Waals surface area contributed by atoms with E-state index in [0.717, 1.165) is 11.3 Å². The van der Waals surface area contributed by atoms with Crippen molar-refractivity contribution in [2.24, 2.45) is 0 Å². The normalized spacial score (nSPS) is 10.7. The molecule has 8 heteroatoms. The van der Waals surface area contributed by atoms with E-state index in [2.05, 4.69) is 15.4 Å². The molecule has 0 fully saturated rings. The SMILES string of the molecule is O=C(NCCn1ccc(-c2ccsc2)n1)c1c[nH]c(=O)c(Cl)c1. The van der Waals surface area contributed by atoms with Gasteiger partial charge in [0.1, 0.15) is 5.02 Å². The van der Waals surface area contributed by atoms with Crippen molar-refractivity contribution in [3.8, 4) is 11.3 Å². The number of thiophene rings is 1. The highest BCUT2D eigenvalue weighted by Gasteiger charge is 2.08. The maximum Gasteiger partial charge on any atom is 0.266 e. The average Bonchev–Trinajstić information content (AvgIpc) is 3.20. The van der Waals surface area contributed by atoms with Crippen molar-refractivity contribution in [2.75, 3.05) is 6.54 Å². The third-order valence-electron chi connectivity index (χ3n) is 3.20. The number of halogens is 1. The average molecular weight is 349 g/mol. The fourth-order valence-electron chi connectivity index (χ4n) is 2.02. The van der Waals surface area contributed by atoms with Crippen molar-refractivity contribution in [3.05, 3.63) is 62.3 Å². The van der Waals surface area contributed by atoms with Crippen molar-refractivity contribution < 1.29 is 4.79 Å². The highest BCUT2D eigenvalue weighted by atomic mass is 35.5. The van der Waals surface area contributed by atoms with Crippen LogP contribution in [0.4, 0.5) is 0 Å². The molecular formula is C15H13ClN4O2S. The summed E-state index contributed by atoms with van der Waals surface area (Å²) in [5.74, 6) is -0.298. The van der Waals surface area contributed by atoms with Gasteiger partial charge in [-0.2, -0.15) is 16.4 Å². The second kappa shape index (κ2) is 6.80. The lowest BCUT2D eigenvalue weighted by Gasteiger charge is -2.05. The highest BCUT2D eigenvalue weighted by molar-refractivity contribution is 7.08. The second-order valence-electron chi connectivity index (χ2n) is 4.80. The van der Waals surface area contributed by atoms with E-state index in [0.29, 0.717) is 18.7 Å². The van der Waals surface area contributed by atoms with Gasteiger partial charge in [0.05, 0.1) is 17.8 Å². The number of pyridine rings is 1. The largest absolute Gasteiger partial charge is 0.350 e. The first-order valence-corrected chi connectivity index (χ1v) is 8.18. The minimum absolute atomic E-state index is 0.00914. The molecule has 3 heterocycles. The number of aromatic amines is 1. The molecule has 6 nitrogen and oxygen atoms in total. The van der Waals surface area contributed by atoms with E-state index in [9.17, 15) is 9.59 Å². The Labute approximate surface area is 140 Å². The van der Waals surface area contributed by atoms with Crippen molar-refractivity contribution in [3.63, 3.8) is 0 Å². The van der Waals surface area contributed by atoms with E-state index < -0.39 is 5.56 Å². The molecule has 0 saturated heterocycles. The van der Waals surface area contributed by atoms with E-state index in [1.54, 1.807) is 16.0 Å². The fraction of sp³-hybridized carbons (Fsp3) is 0.133. The summed E-state index contributed by atoms with van der Waals surface area (Å²) >= 11 is 7.33. The second-order valence-corrected chi connectivity index (χ2v) is 5.98. The van der Waals surface area contributed by atoms with Crippen LogP contribution in [0.3, 0.4) is 0 Å². The third-order valence-corrected chi connectivity index (χ3v) is 4.17. The third kappa shape index (κ3) is 3.69. The molecule has 0 aliphatic heterocycles. The summed E-state index contributed by atoms with van der Waals surface area (Å²) in [6, 6.07) is 5.29. The summed E-state index contributed by atoms with van der Waals surface area (Å²) in [5, 5.41) is 11.2. The summed E-state index contributed by atoms with van der Waals surface area (Å²) < 4.78 is 1.77. The number of aromatic nitrogens is 3. The summed E-state index contributed by atoms with van der Waals surface area (Å²) in [6.45, 7) is 0.966. The zero-order valence-corrected chi connectivity index (χ0v) is 13.5. The van der Waals surface area contributed by atoms with Gasteiger partial charge in [-0.3, -0.25) is 14.3 Å². The molecule has 0 radical (unpaired) electrons. The fourth-order valence-corrected chi connectivity index (χ4v) is 2.85. The van der Waals surface area contributed by atoms with Crippen LogP contribution in [0.1, 0.15) is 10.4 Å². The molecule has 0 bridgehead atoms. The molecule has 0 unspecified atom stereocenters. The van der Waals surface area contributed by atoms with E-state index >= 15 is 0 Å².